The fourth-order valence-electron chi connectivity index (χ4n) is 2.50. The van der Waals surface area contributed by atoms with Crippen molar-refractivity contribution in [2.24, 2.45) is 0 Å². The Bertz CT molecular complexity index is 879. The number of urea groups is 1. The zero-order valence-corrected chi connectivity index (χ0v) is 14.2. The van der Waals surface area contributed by atoms with Gasteiger partial charge in [0.2, 0.25) is 0 Å². The molecule has 0 spiro atoms. The number of amides is 3. The molecule has 0 bridgehead atoms. The molecule has 8 nitrogen and oxygen atoms in total. The normalized spacial score (nSPS) is 20.6. The Morgan fingerprint density at radius 3 is 2.52 bits per heavy atom. The Labute approximate surface area is 144 Å². The maximum Gasteiger partial charge on any atom is 0.325 e. The van der Waals surface area contributed by atoms with Crippen LogP contribution in [0.25, 0.3) is 0 Å². The molecule has 132 valence electrons. The maximum absolute atomic E-state index is 12.6. The first-order valence-electron chi connectivity index (χ1n) is 7.47. The van der Waals surface area contributed by atoms with Gasteiger partial charge in [-0.15, -0.1) is 0 Å². The number of carbonyl (C=O) groups is 2. The highest BCUT2D eigenvalue weighted by Gasteiger charge is 2.51. The number of benzene rings is 1. The van der Waals surface area contributed by atoms with E-state index in [0.717, 1.165) is 4.90 Å². The third-order valence-electron chi connectivity index (χ3n) is 3.82. The predicted molar refractivity (Wildman–Crippen MR) is 87.2 cm³/mol. The minimum absolute atomic E-state index is 0.167. The molecule has 2 aromatic rings. The molecule has 1 aromatic carbocycles. The van der Waals surface area contributed by atoms with Crippen LogP contribution in [0, 0.1) is 0 Å². The highest BCUT2D eigenvalue weighted by atomic mass is 32.2. The lowest BCUT2D eigenvalue weighted by molar-refractivity contribution is -0.131. The fraction of sp³-hybridized carbons (Fsp3) is 0.250. The van der Waals surface area contributed by atoms with Gasteiger partial charge in [-0.2, -0.15) is 8.42 Å². The van der Waals surface area contributed by atoms with Gasteiger partial charge >= 0.3 is 16.1 Å². The van der Waals surface area contributed by atoms with Crippen LogP contribution >= 0.6 is 0 Å². The standard InChI is InChI=1S/C16H16N2O6S/c1-16(13-8-5-10-23-13)14(19)18(15(20)17-16)9-11-25(21,22)24-12-6-3-2-4-7-12/h2-8,10H,9,11H2,1H3,(H,17,20)/t16-/m0/s1. The first-order valence-corrected chi connectivity index (χ1v) is 9.05. The van der Waals surface area contributed by atoms with Crippen molar-refractivity contribution in [3.63, 3.8) is 0 Å². The van der Waals surface area contributed by atoms with Crippen LogP contribution in [0.2, 0.25) is 0 Å². The summed E-state index contributed by atoms with van der Waals surface area (Å²) in [4.78, 5) is 25.5. The highest BCUT2D eigenvalue weighted by molar-refractivity contribution is 7.87. The van der Waals surface area contributed by atoms with Crippen LogP contribution in [0.4, 0.5) is 4.79 Å². The van der Waals surface area contributed by atoms with Gasteiger partial charge in [-0.3, -0.25) is 9.69 Å². The van der Waals surface area contributed by atoms with Crippen LogP contribution in [-0.2, 0) is 20.5 Å². The van der Waals surface area contributed by atoms with E-state index >= 15 is 0 Å². The molecule has 9 heteroatoms. The molecule has 1 atom stereocenters. The second kappa shape index (κ2) is 6.25. The first-order chi connectivity index (χ1) is 11.8. The second-order valence-corrected chi connectivity index (χ2v) is 7.34. The van der Waals surface area contributed by atoms with Gasteiger partial charge in [0, 0.05) is 6.54 Å². The van der Waals surface area contributed by atoms with Crippen molar-refractivity contribution in [3.05, 3.63) is 54.5 Å². The maximum atomic E-state index is 12.6. The van der Waals surface area contributed by atoms with Crippen molar-refractivity contribution in [3.8, 4) is 5.75 Å². The van der Waals surface area contributed by atoms with E-state index in [1.165, 1.54) is 25.3 Å². The molecule has 0 aliphatic carbocycles. The average molecular weight is 364 g/mol. The van der Waals surface area contributed by atoms with Crippen molar-refractivity contribution in [2.45, 2.75) is 12.5 Å². The smallest absolute Gasteiger partial charge is 0.325 e. The van der Waals surface area contributed by atoms with E-state index in [0.29, 0.717) is 0 Å². The van der Waals surface area contributed by atoms with E-state index in [2.05, 4.69) is 5.32 Å². The summed E-state index contributed by atoms with van der Waals surface area (Å²) in [5.41, 5.74) is -1.36. The summed E-state index contributed by atoms with van der Waals surface area (Å²) >= 11 is 0. The Kier molecular flexibility index (Phi) is 4.25. The van der Waals surface area contributed by atoms with Crippen molar-refractivity contribution < 1.29 is 26.6 Å². The van der Waals surface area contributed by atoms with Gasteiger partial charge in [0.25, 0.3) is 5.91 Å². The van der Waals surface area contributed by atoms with Gasteiger partial charge in [0.1, 0.15) is 17.3 Å². The number of rotatable bonds is 6. The minimum atomic E-state index is -3.96. The lowest BCUT2D eigenvalue weighted by atomic mass is 9.99. The number of para-hydroxylation sites is 1. The summed E-state index contributed by atoms with van der Waals surface area (Å²) in [7, 11) is -3.96. The monoisotopic (exact) mass is 364 g/mol. The fourth-order valence-corrected chi connectivity index (χ4v) is 3.39. The topological polar surface area (TPSA) is 106 Å². The minimum Gasteiger partial charge on any atom is -0.466 e. The SMILES string of the molecule is C[C@@]1(c2ccco2)NC(=O)N(CCS(=O)(=O)Oc2ccccc2)C1=O. The van der Waals surface area contributed by atoms with E-state index in [-0.39, 0.29) is 18.1 Å². The third kappa shape index (κ3) is 3.36. The molecule has 3 amide bonds. The van der Waals surface area contributed by atoms with E-state index in [4.69, 9.17) is 8.60 Å². The van der Waals surface area contributed by atoms with Crippen LogP contribution < -0.4 is 9.50 Å². The quantitative estimate of drug-likeness (QED) is 0.614. The summed E-state index contributed by atoms with van der Waals surface area (Å²) in [6, 6.07) is 10.5. The number of nitrogens with zero attached hydrogens (tertiary/aromatic N) is 1. The number of hydrogen-bond donors (Lipinski definition) is 1. The van der Waals surface area contributed by atoms with Crippen molar-refractivity contribution in [1.29, 1.82) is 0 Å². The molecule has 1 saturated heterocycles. The predicted octanol–water partition coefficient (Wildman–Crippen LogP) is 1.46. The van der Waals surface area contributed by atoms with Gasteiger partial charge in [-0.1, -0.05) is 18.2 Å². The van der Waals surface area contributed by atoms with Gasteiger partial charge in [0.15, 0.2) is 5.54 Å². The number of carbonyl (C=O) groups excluding carboxylic acids is 2. The van der Waals surface area contributed by atoms with Crippen LogP contribution in [0.5, 0.6) is 5.75 Å². The number of furan rings is 1. The summed E-state index contributed by atoms with van der Waals surface area (Å²) in [5, 5.41) is 2.53. The molecule has 2 heterocycles. The van der Waals surface area contributed by atoms with Gasteiger partial charge < -0.3 is 13.9 Å². The second-order valence-electron chi connectivity index (χ2n) is 5.65. The third-order valence-corrected chi connectivity index (χ3v) is 4.95. The molecular weight excluding hydrogens is 348 g/mol. The lowest BCUT2D eigenvalue weighted by Gasteiger charge is -2.19. The number of imide groups is 1. The summed E-state index contributed by atoms with van der Waals surface area (Å²) < 4.78 is 34.2. The Morgan fingerprint density at radius 2 is 1.88 bits per heavy atom. The van der Waals surface area contributed by atoms with E-state index in [9.17, 15) is 18.0 Å². The Balaban J connectivity index is 1.69. The zero-order valence-electron chi connectivity index (χ0n) is 13.3. The van der Waals surface area contributed by atoms with Crippen molar-refractivity contribution in [2.75, 3.05) is 12.3 Å². The summed E-state index contributed by atoms with van der Waals surface area (Å²) in [6.07, 6.45) is 1.39. The van der Waals surface area contributed by atoms with E-state index < -0.39 is 33.3 Å². The lowest BCUT2D eigenvalue weighted by Crippen LogP contribution is -2.41. The van der Waals surface area contributed by atoms with Crippen molar-refractivity contribution >= 4 is 22.1 Å². The molecule has 1 fully saturated rings. The van der Waals surface area contributed by atoms with Crippen LogP contribution in [0.3, 0.4) is 0 Å². The summed E-state index contributed by atoms with van der Waals surface area (Å²) in [6.45, 7) is 1.18. The Hall–Kier alpha value is -2.81. The number of nitrogens with one attached hydrogen (secondary N) is 1. The first kappa shape index (κ1) is 17.0. The molecule has 1 aliphatic rings. The zero-order chi connectivity index (χ0) is 18.1. The molecule has 1 N–H and O–H groups in total. The van der Waals surface area contributed by atoms with Crippen LogP contribution in [0.1, 0.15) is 12.7 Å². The molecule has 3 rings (SSSR count). The molecule has 1 aliphatic heterocycles. The molecule has 0 radical (unpaired) electrons. The van der Waals surface area contributed by atoms with Crippen LogP contribution in [-0.4, -0.2) is 37.6 Å². The largest absolute Gasteiger partial charge is 0.466 e. The summed E-state index contributed by atoms with van der Waals surface area (Å²) in [5.74, 6) is -0.658. The van der Waals surface area contributed by atoms with Crippen LogP contribution in [0.15, 0.2) is 53.1 Å². The van der Waals surface area contributed by atoms with Crippen molar-refractivity contribution in [1.82, 2.24) is 10.2 Å². The van der Waals surface area contributed by atoms with Gasteiger partial charge in [-0.05, 0) is 31.2 Å². The Morgan fingerprint density at radius 1 is 1.16 bits per heavy atom. The number of hydrogen-bond acceptors (Lipinski definition) is 6. The highest BCUT2D eigenvalue weighted by Crippen LogP contribution is 2.29. The van der Waals surface area contributed by atoms with E-state index in [1.807, 2.05) is 0 Å². The molecule has 1 aromatic heterocycles. The van der Waals surface area contributed by atoms with Gasteiger partial charge in [0.05, 0.1) is 6.26 Å². The molecule has 25 heavy (non-hydrogen) atoms. The van der Waals surface area contributed by atoms with Gasteiger partial charge in [-0.25, -0.2) is 4.79 Å². The molecule has 0 unspecified atom stereocenters. The molecule has 0 saturated carbocycles. The average Bonchev–Trinajstić information content (AvgIpc) is 3.16. The molecular formula is C16H16N2O6S. The van der Waals surface area contributed by atoms with E-state index in [1.54, 1.807) is 30.3 Å².